The zero-order valence-corrected chi connectivity index (χ0v) is 11.4. The van der Waals surface area contributed by atoms with Gasteiger partial charge >= 0.3 is 0 Å². The van der Waals surface area contributed by atoms with Gasteiger partial charge < -0.3 is 9.84 Å². The molecule has 0 aliphatic carbocycles. The predicted molar refractivity (Wildman–Crippen MR) is 73.2 cm³/mol. The van der Waals surface area contributed by atoms with Crippen molar-refractivity contribution < 1.29 is 9.84 Å². The van der Waals surface area contributed by atoms with Crippen molar-refractivity contribution in [2.24, 2.45) is 5.10 Å². The number of aromatic amines is 1. The number of hydrazone groups is 1. The van der Waals surface area contributed by atoms with Gasteiger partial charge in [-0.05, 0) is 19.1 Å². The highest BCUT2D eigenvalue weighted by Gasteiger charge is 2.11. The van der Waals surface area contributed by atoms with Crippen LogP contribution < -0.4 is 5.56 Å². The molecule has 0 bridgehead atoms. The third kappa shape index (κ3) is 3.02. The fraction of sp³-hybridized carbons (Fsp3) is 0.545. The van der Waals surface area contributed by atoms with Gasteiger partial charge in [-0.1, -0.05) is 0 Å². The van der Waals surface area contributed by atoms with Crippen LogP contribution >= 0.6 is 12.2 Å². The van der Waals surface area contributed by atoms with E-state index in [2.05, 4.69) is 10.1 Å². The molecule has 1 fully saturated rings. The third-order valence-electron chi connectivity index (χ3n) is 2.86. The molecule has 0 unspecified atom stereocenters. The fourth-order valence-electron chi connectivity index (χ4n) is 1.79. The van der Waals surface area contributed by atoms with Crippen LogP contribution in [0.5, 0.6) is 5.88 Å². The summed E-state index contributed by atoms with van der Waals surface area (Å²) >= 11 is 4.97. The van der Waals surface area contributed by atoms with E-state index in [1.54, 1.807) is 5.01 Å². The van der Waals surface area contributed by atoms with Crippen LogP contribution in [0, 0.1) is 4.77 Å². The second kappa shape index (κ2) is 5.98. The number of nitrogens with zero attached hydrogens (tertiary/aromatic N) is 3. The van der Waals surface area contributed by atoms with Crippen LogP contribution in [0.3, 0.4) is 0 Å². The van der Waals surface area contributed by atoms with Crippen molar-refractivity contribution in [3.63, 3.8) is 0 Å². The molecule has 104 valence electrons. The Morgan fingerprint density at radius 1 is 1.53 bits per heavy atom. The molecule has 0 aromatic carbocycles. The van der Waals surface area contributed by atoms with Gasteiger partial charge in [-0.3, -0.25) is 19.4 Å². The van der Waals surface area contributed by atoms with Crippen LogP contribution in [0.15, 0.2) is 9.90 Å². The van der Waals surface area contributed by atoms with E-state index >= 15 is 0 Å². The first kappa shape index (κ1) is 13.8. The summed E-state index contributed by atoms with van der Waals surface area (Å²) in [5, 5.41) is 16.0. The Hall–Kier alpha value is -1.67. The molecule has 0 amide bonds. The number of H-pyrrole nitrogens is 1. The number of nitrogens with one attached hydrogen (secondary N) is 1. The monoisotopic (exact) mass is 284 g/mol. The van der Waals surface area contributed by atoms with Crippen LogP contribution in [0.25, 0.3) is 0 Å². The van der Waals surface area contributed by atoms with E-state index < -0.39 is 5.56 Å². The first-order valence-corrected chi connectivity index (χ1v) is 6.47. The van der Waals surface area contributed by atoms with Gasteiger partial charge in [0, 0.05) is 6.54 Å². The summed E-state index contributed by atoms with van der Waals surface area (Å²) in [7, 11) is 0. The average molecular weight is 284 g/mol. The minimum absolute atomic E-state index is 0.113. The van der Waals surface area contributed by atoms with Gasteiger partial charge in [0.1, 0.15) is 5.56 Å². The molecule has 2 N–H and O–H groups in total. The SMILES string of the molecule is CCn1c(O)c(C=NN2CCOCC2)c(=O)[nH]c1=S. The lowest BCUT2D eigenvalue weighted by molar-refractivity contribution is 0.0396. The number of hydrogen-bond acceptors (Lipinski definition) is 6. The molecular weight excluding hydrogens is 268 g/mol. The van der Waals surface area contributed by atoms with E-state index in [1.165, 1.54) is 10.8 Å². The van der Waals surface area contributed by atoms with Gasteiger partial charge in [-0.2, -0.15) is 5.10 Å². The largest absolute Gasteiger partial charge is 0.494 e. The van der Waals surface area contributed by atoms with Crippen molar-refractivity contribution in [1.82, 2.24) is 14.6 Å². The number of aromatic nitrogens is 2. The zero-order chi connectivity index (χ0) is 13.8. The van der Waals surface area contributed by atoms with Crippen molar-refractivity contribution >= 4 is 18.4 Å². The molecule has 7 nitrogen and oxygen atoms in total. The maximum atomic E-state index is 11.8. The number of ether oxygens (including phenoxy) is 1. The molecule has 0 saturated carbocycles. The molecule has 2 heterocycles. The first-order chi connectivity index (χ1) is 9.13. The Balaban J connectivity index is 2.31. The Bertz CT molecular complexity index is 587. The third-order valence-corrected chi connectivity index (χ3v) is 3.18. The van der Waals surface area contributed by atoms with E-state index in [9.17, 15) is 9.90 Å². The summed E-state index contributed by atoms with van der Waals surface area (Å²) in [5.74, 6) is -0.159. The molecule has 1 aliphatic heterocycles. The van der Waals surface area contributed by atoms with Crippen molar-refractivity contribution in [3.05, 3.63) is 20.7 Å². The normalized spacial score (nSPS) is 16.2. The van der Waals surface area contributed by atoms with Gasteiger partial charge in [0.25, 0.3) is 5.56 Å². The summed E-state index contributed by atoms with van der Waals surface area (Å²) in [6.45, 7) is 4.86. The Kier molecular flexibility index (Phi) is 4.33. The van der Waals surface area contributed by atoms with E-state index in [4.69, 9.17) is 17.0 Å². The molecule has 0 radical (unpaired) electrons. The molecule has 19 heavy (non-hydrogen) atoms. The van der Waals surface area contributed by atoms with E-state index in [1.807, 2.05) is 6.92 Å². The van der Waals surface area contributed by atoms with Crippen LogP contribution in [0.1, 0.15) is 12.5 Å². The molecule has 1 aromatic heterocycles. The average Bonchev–Trinajstić information content (AvgIpc) is 2.39. The second-order valence-electron chi connectivity index (χ2n) is 4.05. The molecule has 2 rings (SSSR count). The quantitative estimate of drug-likeness (QED) is 0.616. The lowest BCUT2D eigenvalue weighted by Gasteiger charge is -2.23. The van der Waals surface area contributed by atoms with Crippen LogP contribution in [-0.2, 0) is 11.3 Å². The molecular formula is C11H16N4O3S. The second-order valence-corrected chi connectivity index (χ2v) is 4.44. The standard InChI is InChI=1S/C11H16N4O3S/c1-2-15-10(17)8(9(16)13-11(15)19)7-12-14-3-5-18-6-4-14/h7,17H,2-6H2,1H3,(H,13,16,19). The Morgan fingerprint density at radius 2 is 2.21 bits per heavy atom. The highest BCUT2D eigenvalue weighted by molar-refractivity contribution is 7.71. The van der Waals surface area contributed by atoms with Crippen molar-refractivity contribution in [2.45, 2.75) is 13.5 Å². The fourth-order valence-corrected chi connectivity index (χ4v) is 2.10. The van der Waals surface area contributed by atoms with E-state index in [-0.39, 0.29) is 16.2 Å². The van der Waals surface area contributed by atoms with Crippen molar-refractivity contribution in [1.29, 1.82) is 0 Å². The van der Waals surface area contributed by atoms with E-state index in [0.29, 0.717) is 32.8 Å². The highest BCUT2D eigenvalue weighted by atomic mass is 32.1. The number of rotatable bonds is 3. The summed E-state index contributed by atoms with van der Waals surface area (Å²) < 4.78 is 6.84. The Labute approximate surface area is 115 Å². The molecule has 1 aromatic rings. The number of hydrogen-bond donors (Lipinski definition) is 2. The van der Waals surface area contributed by atoms with Crippen LogP contribution in [0.4, 0.5) is 0 Å². The number of morpholine rings is 1. The van der Waals surface area contributed by atoms with Gasteiger partial charge in [0.15, 0.2) is 4.77 Å². The van der Waals surface area contributed by atoms with Gasteiger partial charge in [-0.25, -0.2) is 0 Å². The highest BCUT2D eigenvalue weighted by Crippen LogP contribution is 2.11. The molecule has 0 spiro atoms. The topological polar surface area (TPSA) is 82.8 Å². The minimum atomic E-state index is -0.441. The molecule has 1 saturated heterocycles. The minimum Gasteiger partial charge on any atom is -0.494 e. The lowest BCUT2D eigenvalue weighted by atomic mass is 10.3. The molecule has 1 aliphatic rings. The van der Waals surface area contributed by atoms with Gasteiger partial charge in [-0.15, -0.1) is 0 Å². The first-order valence-electron chi connectivity index (χ1n) is 6.06. The maximum absolute atomic E-state index is 11.8. The Morgan fingerprint density at radius 3 is 2.84 bits per heavy atom. The number of aromatic hydroxyl groups is 1. The van der Waals surface area contributed by atoms with Gasteiger partial charge in [0.05, 0.1) is 32.5 Å². The predicted octanol–water partition coefficient (Wildman–Crippen LogP) is 0.297. The van der Waals surface area contributed by atoms with Crippen molar-refractivity contribution in [3.8, 4) is 5.88 Å². The zero-order valence-electron chi connectivity index (χ0n) is 10.6. The van der Waals surface area contributed by atoms with Crippen LogP contribution in [0.2, 0.25) is 0 Å². The lowest BCUT2D eigenvalue weighted by Crippen LogP contribution is -2.32. The maximum Gasteiger partial charge on any atom is 0.264 e. The van der Waals surface area contributed by atoms with E-state index in [0.717, 1.165) is 0 Å². The van der Waals surface area contributed by atoms with Gasteiger partial charge in [0.2, 0.25) is 5.88 Å². The van der Waals surface area contributed by atoms with Crippen molar-refractivity contribution in [2.75, 3.05) is 26.3 Å². The van der Waals surface area contributed by atoms with Crippen LogP contribution in [-0.4, -0.2) is 52.2 Å². The summed E-state index contributed by atoms with van der Waals surface area (Å²) in [6, 6.07) is 0. The summed E-state index contributed by atoms with van der Waals surface area (Å²) in [5.41, 5.74) is -0.328. The summed E-state index contributed by atoms with van der Waals surface area (Å²) in [4.78, 5) is 14.3. The molecule has 0 atom stereocenters. The molecule has 8 heteroatoms. The summed E-state index contributed by atoms with van der Waals surface area (Å²) in [6.07, 6.45) is 1.36. The smallest absolute Gasteiger partial charge is 0.264 e.